The van der Waals surface area contributed by atoms with Gasteiger partial charge in [0, 0.05) is 25.8 Å². The molecule has 0 aliphatic heterocycles. The van der Waals surface area contributed by atoms with E-state index in [1.54, 1.807) is 0 Å². The molecule has 0 radical (unpaired) electrons. The van der Waals surface area contributed by atoms with Gasteiger partial charge in [0.15, 0.2) is 0 Å². The summed E-state index contributed by atoms with van der Waals surface area (Å²) in [5.41, 5.74) is 0. The summed E-state index contributed by atoms with van der Waals surface area (Å²) < 4.78 is 0. The summed E-state index contributed by atoms with van der Waals surface area (Å²) >= 11 is 0. The SMILES string of the molecule is C=C[CH2-].C=C[CH2-].[Cl-].[Cl-].[Hf].c1cc[cH-]c1. The van der Waals surface area contributed by atoms with Crippen LogP contribution in [0.3, 0.4) is 0 Å². The smallest absolute Gasteiger partial charge is 0 e. The Morgan fingerprint density at radius 3 is 1.21 bits per heavy atom. The Bertz CT molecular complexity index is 125. The molecule has 0 aliphatic carbocycles. The molecule has 0 unspecified atom stereocenters. The topological polar surface area (TPSA) is 0 Å². The minimum atomic E-state index is 0. The number of hydrogen-bond acceptors (Lipinski definition) is 0. The Morgan fingerprint density at radius 2 is 1.14 bits per heavy atom. The Morgan fingerprint density at radius 1 is 0.929 bits per heavy atom. The van der Waals surface area contributed by atoms with E-state index in [9.17, 15) is 0 Å². The van der Waals surface area contributed by atoms with E-state index < -0.39 is 0 Å². The van der Waals surface area contributed by atoms with E-state index in [1.807, 2.05) is 30.3 Å². The van der Waals surface area contributed by atoms with Crippen molar-refractivity contribution in [2.45, 2.75) is 0 Å². The Hall–Kier alpha value is 0.0201. The predicted molar refractivity (Wildman–Crippen MR) is 53.1 cm³/mol. The van der Waals surface area contributed by atoms with Gasteiger partial charge in [0.25, 0.3) is 0 Å². The molecule has 0 N–H and O–H groups in total. The molecule has 0 bridgehead atoms. The van der Waals surface area contributed by atoms with Gasteiger partial charge >= 0.3 is 0 Å². The van der Waals surface area contributed by atoms with Gasteiger partial charge in [-0.15, -0.1) is 0 Å². The second kappa shape index (κ2) is 38.2. The molecule has 1 aromatic rings. The van der Waals surface area contributed by atoms with E-state index >= 15 is 0 Å². The van der Waals surface area contributed by atoms with Gasteiger partial charge in [-0.1, -0.05) is 0 Å². The molecule has 0 saturated heterocycles. The predicted octanol–water partition coefficient (Wildman–Crippen LogP) is -2.58. The maximum atomic E-state index is 3.25. The molecular weight excluding hydrogens is 382 g/mol. The Kier molecular flexibility index (Phi) is 79.6. The molecule has 0 aromatic heterocycles. The zero-order chi connectivity index (χ0) is 8.95. The van der Waals surface area contributed by atoms with E-state index in [4.69, 9.17) is 0 Å². The monoisotopic (exact) mass is 397 g/mol. The third-order valence-electron chi connectivity index (χ3n) is 0.556. The maximum Gasteiger partial charge on any atom is 0 e. The minimum absolute atomic E-state index is 0. The Labute approximate surface area is 119 Å². The summed E-state index contributed by atoms with van der Waals surface area (Å²) in [6, 6.07) is 10.0. The molecule has 0 atom stereocenters. The summed E-state index contributed by atoms with van der Waals surface area (Å²) in [7, 11) is 0. The van der Waals surface area contributed by atoms with Crippen molar-refractivity contribution in [1.29, 1.82) is 0 Å². The van der Waals surface area contributed by atoms with Crippen LogP contribution in [0, 0.1) is 13.8 Å². The van der Waals surface area contributed by atoms with Gasteiger partial charge < -0.3 is 24.8 Å². The second-order valence-electron chi connectivity index (χ2n) is 1.54. The molecule has 0 aliphatic rings. The fourth-order valence-electron chi connectivity index (χ4n) is 0.321. The number of rotatable bonds is 0. The molecule has 0 fully saturated rings. The van der Waals surface area contributed by atoms with Crippen molar-refractivity contribution in [3.8, 4) is 0 Å². The van der Waals surface area contributed by atoms with Gasteiger partial charge in [0.2, 0.25) is 0 Å². The van der Waals surface area contributed by atoms with Crippen LogP contribution in [0.1, 0.15) is 0 Å². The first-order chi connectivity index (χ1) is 5.33. The average molecular weight is 397 g/mol. The first kappa shape index (κ1) is 29.2. The van der Waals surface area contributed by atoms with Crippen molar-refractivity contribution >= 4 is 0 Å². The molecule has 82 valence electrons. The minimum Gasteiger partial charge on any atom is -1.00 e. The number of hydrogen-bond donors (Lipinski definition) is 0. The van der Waals surface area contributed by atoms with Crippen LogP contribution < -0.4 is 24.8 Å². The van der Waals surface area contributed by atoms with Gasteiger partial charge in [-0.05, 0) is 0 Å². The van der Waals surface area contributed by atoms with Crippen LogP contribution in [0.15, 0.2) is 55.6 Å². The molecule has 1 aromatic carbocycles. The van der Waals surface area contributed by atoms with E-state index in [0.29, 0.717) is 0 Å². The van der Waals surface area contributed by atoms with Crippen molar-refractivity contribution < 1.29 is 50.7 Å². The standard InChI is InChI=1S/C5H5.2C3H5.2ClH.Hf/c1-2-4-5-3-1;2*1-3-2;;;/h1-5H;2*3H,1-2H2;2*1H;/q3*-1;;;/p-2. The average Bonchev–Trinajstić information content (AvgIpc) is 2.44. The molecular formula is C11H15Cl2Hf-5. The largest absolute Gasteiger partial charge is 1.00 e. The van der Waals surface area contributed by atoms with Crippen molar-refractivity contribution in [2.24, 2.45) is 0 Å². The van der Waals surface area contributed by atoms with Gasteiger partial charge in [-0.25, -0.2) is 51.3 Å². The Balaban J connectivity index is -0.0000000276. The van der Waals surface area contributed by atoms with Gasteiger partial charge in [0.1, 0.15) is 0 Å². The van der Waals surface area contributed by atoms with E-state index in [2.05, 4.69) is 27.0 Å². The summed E-state index contributed by atoms with van der Waals surface area (Å²) in [6.07, 6.45) is 3.00. The van der Waals surface area contributed by atoms with Crippen LogP contribution in [0.4, 0.5) is 0 Å². The normalized spacial score (nSPS) is 4.57. The third kappa shape index (κ3) is 57.9. The van der Waals surface area contributed by atoms with Crippen LogP contribution in [-0.4, -0.2) is 0 Å². The fourth-order valence-corrected chi connectivity index (χ4v) is 0.321. The fraction of sp³-hybridized carbons (Fsp3) is 0. The first-order valence-electron chi connectivity index (χ1n) is 3.30. The van der Waals surface area contributed by atoms with Crippen LogP contribution in [0.2, 0.25) is 0 Å². The molecule has 0 spiro atoms. The molecule has 3 heteroatoms. The summed E-state index contributed by atoms with van der Waals surface area (Å²) in [4.78, 5) is 0. The first-order valence-corrected chi connectivity index (χ1v) is 3.30. The van der Waals surface area contributed by atoms with Crippen molar-refractivity contribution in [3.63, 3.8) is 0 Å². The zero-order valence-electron chi connectivity index (χ0n) is 8.13. The van der Waals surface area contributed by atoms with E-state index in [0.717, 1.165) is 0 Å². The molecule has 0 nitrogen and oxygen atoms in total. The van der Waals surface area contributed by atoms with Crippen molar-refractivity contribution in [3.05, 3.63) is 69.5 Å². The van der Waals surface area contributed by atoms with Gasteiger partial charge in [-0.3, -0.25) is 0 Å². The zero-order valence-corrected chi connectivity index (χ0v) is 13.2. The quantitative estimate of drug-likeness (QED) is 0.334. The van der Waals surface area contributed by atoms with E-state index in [1.165, 1.54) is 12.2 Å². The number of halogens is 2. The molecule has 1 rings (SSSR count). The van der Waals surface area contributed by atoms with Crippen LogP contribution in [-0.2, 0) is 25.8 Å². The number of allylic oxidation sites excluding steroid dienone is 2. The summed E-state index contributed by atoms with van der Waals surface area (Å²) in [5, 5.41) is 0. The molecule has 0 amide bonds. The van der Waals surface area contributed by atoms with Crippen LogP contribution >= 0.6 is 0 Å². The second-order valence-corrected chi connectivity index (χ2v) is 1.54. The van der Waals surface area contributed by atoms with Gasteiger partial charge in [0.05, 0.1) is 0 Å². The van der Waals surface area contributed by atoms with Crippen LogP contribution in [0.25, 0.3) is 0 Å². The van der Waals surface area contributed by atoms with Crippen LogP contribution in [0.5, 0.6) is 0 Å². The molecule has 0 saturated carbocycles. The van der Waals surface area contributed by atoms with Crippen molar-refractivity contribution in [2.75, 3.05) is 0 Å². The van der Waals surface area contributed by atoms with Crippen molar-refractivity contribution in [1.82, 2.24) is 0 Å². The van der Waals surface area contributed by atoms with E-state index in [-0.39, 0.29) is 50.7 Å². The van der Waals surface area contributed by atoms with Gasteiger partial charge in [-0.2, -0.15) is 18.2 Å². The molecule has 0 heterocycles. The maximum absolute atomic E-state index is 3.25. The summed E-state index contributed by atoms with van der Waals surface area (Å²) in [6.45, 7) is 13.0. The third-order valence-corrected chi connectivity index (χ3v) is 0.556. The summed E-state index contributed by atoms with van der Waals surface area (Å²) in [5.74, 6) is 0. The molecule has 14 heavy (non-hydrogen) atoms.